The molecule has 4 amide bonds. The molecule has 2 aromatic rings. The lowest BCUT2D eigenvalue weighted by Crippen LogP contribution is -2.50. The van der Waals surface area contributed by atoms with Crippen molar-refractivity contribution < 1.29 is 28.4 Å². The Morgan fingerprint density at radius 3 is 2.39 bits per heavy atom. The largest absolute Gasteiger partial charge is 0.382 e. The van der Waals surface area contributed by atoms with E-state index in [-0.39, 0.29) is 30.5 Å². The Balaban J connectivity index is 0.750. The van der Waals surface area contributed by atoms with Crippen molar-refractivity contribution in [3.05, 3.63) is 58.9 Å². The number of allylic oxidation sites excluding steroid dienone is 1. The molecule has 0 spiro atoms. The molecule has 344 valence electrons. The number of hydrogen-bond donors (Lipinski definition) is 3. The van der Waals surface area contributed by atoms with Gasteiger partial charge in [0.05, 0.1) is 46.4 Å². The highest BCUT2D eigenvalue weighted by Gasteiger charge is 2.42. The topological polar surface area (TPSA) is 150 Å². The average molecular weight is 898 g/mol. The number of amides is 4. The number of piperidine rings is 2. The van der Waals surface area contributed by atoms with Gasteiger partial charge in [0.15, 0.2) is 0 Å². The van der Waals surface area contributed by atoms with Gasteiger partial charge in [0.2, 0.25) is 11.8 Å². The molecule has 16 heteroatoms. The van der Waals surface area contributed by atoms with E-state index in [2.05, 4.69) is 37.6 Å². The Morgan fingerprint density at radius 1 is 0.938 bits per heavy atom. The summed E-state index contributed by atoms with van der Waals surface area (Å²) in [5, 5.41) is 9.96. The van der Waals surface area contributed by atoms with Crippen molar-refractivity contribution in [3.8, 4) is 0 Å². The number of halogens is 1. The minimum Gasteiger partial charge on any atom is -0.382 e. The zero-order chi connectivity index (χ0) is 44.7. The lowest BCUT2D eigenvalue weighted by molar-refractivity contribution is -0.134. The molecule has 4 fully saturated rings. The number of carbonyl (C=O) groups is 5. The molecule has 6 aliphatic rings. The third-order valence-electron chi connectivity index (χ3n) is 13.9. The minimum atomic E-state index is -1.00. The molecule has 2 aromatic carbocycles. The fourth-order valence-electron chi connectivity index (χ4n) is 10.3. The van der Waals surface area contributed by atoms with Crippen LogP contribution in [-0.4, -0.2) is 151 Å². The maximum atomic E-state index is 15.4. The van der Waals surface area contributed by atoms with E-state index < -0.39 is 17.9 Å². The fraction of sp³-hybridized carbons (Fsp3) is 0.583. The summed E-state index contributed by atoms with van der Waals surface area (Å²) < 4.78 is 15.4. The Kier molecular flexibility index (Phi) is 15.0. The summed E-state index contributed by atoms with van der Waals surface area (Å²) in [5.74, 6) is 0.827. The van der Waals surface area contributed by atoms with Gasteiger partial charge in [-0.15, -0.1) is 0 Å². The van der Waals surface area contributed by atoms with Crippen molar-refractivity contribution in [3.63, 3.8) is 0 Å². The van der Waals surface area contributed by atoms with E-state index in [1.165, 1.54) is 19.9 Å². The number of fused-ring (bicyclic) bond motifs is 2. The van der Waals surface area contributed by atoms with Gasteiger partial charge in [-0.1, -0.05) is 31.9 Å². The van der Waals surface area contributed by atoms with E-state index in [1.54, 1.807) is 18.2 Å². The molecule has 5 heterocycles. The number of aldehydes is 1. The van der Waals surface area contributed by atoms with Crippen LogP contribution in [0.4, 0.5) is 21.5 Å². The quantitative estimate of drug-likeness (QED) is 0.145. The van der Waals surface area contributed by atoms with Crippen LogP contribution in [0.3, 0.4) is 0 Å². The van der Waals surface area contributed by atoms with Crippen molar-refractivity contribution in [1.82, 2.24) is 30.2 Å². The molecule has 64 heavy (non-hydrogen) atoms. The molecule has 1 saturated carbocycles. The van der Waals surface area contributed by atoms with Gasteiger partial charge in [-0.25, -0.2) is 9.38 Å². The summed E-state index contributed by atoms with van der Waals surface area (Å²) in [6.07, 6.45) is 12.2. The van der Waals surface area contributed by atoms with E-state index in [1.807, 2.05) is 34.9 Å². The molecule has 1 aliphatic carbocycles. The number of benzene rings is 2. The summed E-state index contributed by atoms with van der Waals surface area (Å²) in [7, 11) is 1.51. The van der Waals surface area contributed by atoms with Crippen LogP contribution in [-0.2, 0) is 14.4 Å². The molecule has 0 radical (unpaired) electrons. The number of nitrogens with zero attached hydrogens (tertiary/aromatic N) is 6. The van der Waals surface area contributed by atoms with Gasteiger partial charge in [-0.2, -0.15) is 11.8 Å². The SMILES string of the molecule is CC/C=C1/NC(CSC2CCN(CC(=O)N3CCC(CN4CCN(c5cccc6c5C(=O)N(C(C=O)CCC(=O)NC)C6=O)CC4)CC3)CC2)=Nc2cc(NC3CCCC3)cc(F)c21. The predicted octanol–water partition coefficient (Wildman–Crippen LogP) is 5.51. The van der Waals surface area contributed by atoms with Crippen LogP contribution in [0.1, 0.15) is 104 Å². The standard InChI is InChI=1S/C48H64FN9O5S/c1-3-7-39-46-38(49)26-34(51-33-8-4-5-9-33)27-40(46)53-42(52-39)31-64-36-16-18-54(19-17-36)29-44(61)57-20-14-32(15-21-57)28-55-22-24-56(25-23-55)41-11-6-10-37-45(41)48(63)58(47(37)62)35(30-59)12-13-43(60)50-2/h6-7,10-11,26-27,30,32-33,35-36,51H,3-5,8-9,12-25,28-29,31H2,1-2H3,(H,50,60)(H,52,53)/b39-7+. The number of thioether (sulfide) groups is 1. The molecular formula is C48H64FN9O5S. The molecule has 0 aromatic heterocycles. The van der Waals surface area contributed by atoms with Crippen molar-refractivity contribution in [2.24, 2.45) is 10.9 Å². The Hall–Kier alpha value is -4.80. The molecule has 3 N–H and O–H groups in total. The molecule has 3 saturated heterocycles. The lowest BCUT2D eigenvalue weighted by atomic mass is 9.95. The highest BCUT2D eigenvalue weighted by molar-refractivity contribution is 8.00. The number of anilines is 2. The molecule has 8 rings (SSSR count). The minimum absolute atomic E-state index is 0.0358. The second kappa shape index (κ2) is 21.0. The summed E-state index contributed by atoms with van der Waals surface area (Å²) in [6, 6.07) is 8.30. The molecule has 5 aliphatic heterocycles. The highest BCUT2D eigenvalue weighted by Crippen LogP contribution is 2.37. The summed E-state index contributed by atoms with van der Waals surface area (Å²) in [4.78, 5) is 79.2. The first-order valence-electron chi connectivity index (χ1n) is 23.5. The summed E-state index contributed by atoms with van der Waals surface area (Å²) in [6.45, 7) is 9.87. The van der Waals surface area contributed by atoms with E-state index in [9.17, 15) is 24.0 Å². The van der Waals surface area contributed by atoms with Gasteiger partial charge in [-0.05, 0) is 94.6 Å². The zero-order valence-electron chi connectivity index (χ0n) is 37.4. The molecule has 1 atom stereocenters. The predicted molar refractivity (Wildman–Crippen MR) is 251 cm³/mol. The summed E-state index contributed by atoms with van der Waals surface area (Å²) >= 11 is 1.90. The van der Waals surface area contributed by atoms with E-state index in [0.717, 1.165) is 119 Å². The van der Waals surface area contributed by atoms with Crippen LogP contribution >= 0.6 is 11.8 Å². The van der Waals surface area contributed by atoms with Gasteiger partial charge >= 0.3 is 0 Å². The number of aliphatic imine (C=N–C) groups is 1. The Bertz CT molecular complexity index is 2120. The van der Waals surface area contributed by atoms with Crippen molar-refractivity contribution in [2.75, 3.05) is 88.5 Å². The van der Waals surface area contributed by atoms with Crippen LogP contribution in [0.5, 0.6) is 0 Å². The van der Waals surface area contributed by atoms with E-state index in [0.29, 0.717) is 71.2 Å². The maximum Gasteiger partial charge on any atom is 0.264 e. The summed E-state index contributed by atoms with van der Waals surface area (Å²) in [5.41, 5.74) is 4.19. The van der Waals surface area contributed by atoms with Crippen LogP contribution < -0.4 is 20.9 Å². The third kappa shape index (κ3) is 10.5. The maximum absolute atomic E-state index is 15.4. The number of hydrogen-bond acceptors (Lipinski definition) is 12. The smallest absolute Gasteiger partial charge is 0.264 e. The van der Waals surface area contributed by atoms with Gasteiger partial charge in [0, 0.05) is 82.0 Å². The normalized spacial score (nSPS) is 21.5. The number of nitrogens with one attached hydrogen (secondary N) is 3. The monoisotopic (exact) mass is 897 g/mol. The van der Waals surface area contributed by atoms with Crippen LogP contribution in [0, 0.1) is 11.7 Å². The van der Waals surface area contributed by atoms with Gasteiger partial charge in [0.25, 0.3) is 11.8 Å². The third-order valence-corrected chi connectivity index (χ3v) is 15.3. The first-order valence-corrected chi connectivity index (χ1v) is 24.6. The number of imide groups is 1. The Labute approximate surface area is 380 Å². The highest BCUT2D eigenvalue weighted by atomic mass is 32.2. The number of rotatable bonds is 16. The van der Waals surface area contributed by atoms with Crippen molar-refractivity contribution in [2.45, 2.75) is 94.9 Å². The molecule has 14 nitrogen and oxygen atoms in total. The van der Waals surface area contributed by atoms with Crippen LogP contribution in [0.15, 0.2) is 41.4 Å². The fourth-order valence-corrected chi connectivity index (χ4v) is 11.4. The number of amidine groups is 1. The van der Waals surface area contributed by atoms with Crippen molar-refractivity contribution in [1.29, 1.82) is 0 Å². The molecule has 1 unspecified atom stereocenters. The van der Waals surface area contributed by atoms with E-state index in [4.69, 9.17) is 4.99 Å². The van der Waals surface area contributed by atoms with Gasteiger partial charge in [0.1, 0.15) is 17.9 Å². The van der Waals surface area contributed by atoms with Crippen LogP contribution in [0.25, 0.3) is 5.70 Å². The molecule has 0 bridgehead atoms. The zero-order valence-corrected chi connectivity index (χ0v) is 38.2. The Morgan fingerprint density at radius 2 is 1.69 bits per heavy atom. The number of likely N-dealkylation sites (tertiary alicyclic amines) is 2. The first kappa shape index (κ1) is 45.8. The lowest BCUT2D eigenvalue weighted by Gasteiger charge is -2.40. The van der Waals surface area contributed by atoms with E-state index >= 15 is 4.39 Å². The first-order chi connectivity index (χ1) is 31.1. The molecular weight excluding hydrogens is 834 g/mol. The van der Waals surface area contributed by atoms with Gasteiger partial charge in [-0.3, -0.25) is 33.9 Å². The second-order valence-electron chi connectivity index (χ2n) is 18.2. The second-order valence-corrected chi connectivity index (χ2v) is 19.5. The average Bonchev–Trinajstić information content (AvgIpc) is 3.91. The number of piperazine rings is 1. The number of carbonyl (C=O) groups excluding carboxylic acids is 5. The van der Waals surface area contributed by atoms with Gasteiger partial charge < -0.3 is 30.5 Å². The van der Waals surface area contributed by atoms with Crippen molar-refractivity contribution >= 4 is 70.3 Å². The van der Waals surface area contributed by atoms with Crippen LogP contribution in [0.2, 0.25) is 0 Å².